The summed E-state index contributed by atoms with van der Waals surface area (Å²) in [5.41, 5.74) is 1.11. The van der Waals surface area contributed by atoms with Gasteiger partial charge in [0, 0.05) is 30.6 Å². The largest absolute Gasteiger partial charge is 0.380 e. The Morgan fingerprint density at radius 2 is 2.25 bits per heavy atom. The van der Waals surface area contributed by atoms with Gasteiger partial charge in [0.25, 0.3) is 0 Å². The first-order valence-electron chi connectivity index (χ1n) is 5.88. The average Bonchev–Trinajstić information content (AvgIpc) is 2.66. The summed E-state index contributed by atoms with van der Waals surface area (Å²) in [6, 6.07) is 0.366. The van der Waals surface area contributed by atoms with Crippen molar-refractivity contribution in [2.45, 2.75) is 45.8 Å². The molecule has 92 valence electrons. The van der Waals surface area contributed by atoms with Crippen molar-refractivity contribution in [3.05, 3.63) is 16.1 Å². The number of ether oxygens (including phenoxy) is 1. The molecule has 0 saturated carbocycles. The van der Waals surface area contributed by atoms with E-state index in [0.29, 0.717) is 6.04 Å². The molecule has 0 amide bonds. The molecule has 0 spiro atoms. The first-order chi connectivity index (χ1) is 7.71. The Labute approximate surface area is 102 Å². The van der Waals surface area contributed by atoms with E-state index in [0.717, 1.165) is 25.1 Å². The molecule has 0 fully saturated rings. The Bertz CT molecular complexity index is 297. The van der Waals surface area contributed by atoms with Gasteiger partial charge in [0.1, 0.15) is 0 Å². The van der Waals surface area contributed by atoms with Gasteiger partial charge in [0.15, 0.2) is 0 Å². The third-order valence-corrected chi connectivity index (χ3v) is 3.67. The van der Waals surface area contributed by atoms with Crippen LogP contribution in [-0.4, -0.2) is 30.8 Å². The van der Waals surface area contributed by atoms with Crippen LogP contribution in [0.1, 0.15) is 31.0 Å². The summed E-state index contributed by atoms with van der Waals surface area (Å²) in [7, 11) is 1.78. The van der Waals surface area contributed by atoms with Crippen molar-refractivity contribution in [3.8, 4) is 0 Å². The number of nitrogens with zero attached hydrogens (tertiary/aromatic N) is 1. The summed E-state index contributed by atoms with van der Waals surface area (Å²) in [6.45, 7) is 7.29. The summed E-state index contributed by atoms with van der Waals surface area (Å²) in [5, 5.41) is 6.78. The lowest BCUT2D eigenvalue weighted by atomic mass is 10.1. The Hall–Kier alpha value is -0.450. The summed E-state index contributed by atoms with van der Waals surface area (Å²) in [4.78, 5) is 4.51. The highest BCUT2D eigenvalue weighted by atomic mass is 32.1. The lowest BCUT2D eigenvalue weighted by molar-refractivity contribution is 0.0658. The van der Waals surface area contributed by atoms with Crippen molar-refractivity contribution in [2.75, 3.05) is 13.7 Å². The van der Waals surface area contributed by atoms with Gasteiger partial charge < -0.3 is 10.1 Å². The lowest BCUT2D eigenvalue weighted by Crippen LogP contribution is -2.42. The van der Waals surface area contributed by atoms with Gasteiger partial charge in [-0.3, -0.25) is 0 Å². The first-order valence-corrected chi connectivity index (χ1v) is 6.76. The molecule has 4 heteroatoms. The molecule has 16 heavy (non-hydrogen) atoms. The molecule has 1 heterocycles. The van der Waals surface area contributed by atoms with Crippen LogP contribution in [0.15, 0.2) is 5.38 Å². The molecule has 1 aromatic rings. The van der Waals surface area contributed by atoms with Gasteiger partial charge in [-0.05, 0) is 19.9 Å². The topological polar surface area (TPSA) is 34.2 Å². The van der Waals surface area contributed by atoms with Crippen LogP contribution in [0.4, 0.5) is 0 Å². The molecule has 0 bridgehead atoms. The molecule has 3 nitrogen and oxygen atoms in total. The zero-order valence-corrected chi connectivity index (χ0v) is 11.4. The van der Waals surface area contributed by atoms with E-state index in [1.165, 1.54) is 5.01 Å². The summed E-state index contributed by atoms with van der Waals surface area (Å²) in [5.74, 6) is 0. The third-order valence-electron chi connectivity index (χ3n) is 2.68. The van der Waals surface area contributed by atoms with E-state index in [-0.39, 0.29) is 6.10 Å². The highest BCUT2D eigenvalue weighted by Crippen LogP contribution is 2.14. The molecular formula is C12H22N2OS. The zero-order valence-electron chi connectivity index (χ0n) is 10.6. The van der Waals surface area contributed by atoms with Crippen molar-refractivity contribution >= 4 is 11.3 Å². The number of thiazole rings is 1. The van der Waals surface area contributed by atoms with Crippen LogP contribution in [-0.2, 0) is 11.2 Å². The second-order valence-corrected chi connectivity index (χ2v) is 4.88. The van der Waals surface area contributed by atoms with Gasteiger partial charge in [-0.15, -0.1) is 11.3 Å². The standard InChI is InChI=1S/C12H22N2OS/c1-5-11(15-4)10(13-6-2)7-12-14-9(3)8-16-12/h8,10-11,13H,5-7H2,1-4H3. The van der Waals surface area contributed by atoms with E-state index < -0.39 is 0 Å². The lowest BCUT2D eigenvalue weighted by Gasteiger charge is -2.25. The summed E-state index contributed by atoms with van der Waals surface area (Å²) < 4.78 is 5.51. The minimum atomic E-state index is 0.268. The minimum absolute atomic E-state index is 0.268. The number of hydrogen-bond acceptors (Lipinski definition) is 4. The average molecular weight is 242 g/mol. The Morgan fingerprint density at radius 1 is 1.50 bits per heavy atom. The van der Waals surface area contributed by atoms with Crippen LogP contribution in [0.25, 0.3) is 0 Å². The smallest absolute Gasteiger partial charge is 0.0944 e. The number of methoxy groups -OCH3 is 1. The minimum Gasteiger partial charge on any atom is -0.380 e. The van der Waals surface area contributed by atoms with Crippen LogP contribution in [0.3, 0.4) is 0 Å². The van der Waals surface area contributed by atoms with E-state index >= 15 is 0 Å². The van der Waals surface area contributed by atoms with Crippen LogP contribution in [0.5, 0.6) is 0 Å². The number of aromatic nitrogens is 1. The normalized spacial score (nSPS) is 15.0. The van der Waals surface area contributed by atoms with Gasteiger partial charge >= 0.3 is 0 Å². The van der Waals surface area contributed by atoms with Crippen molar-refractivity contribution in [1.82, 2.24) is 10.3 Å². The van der Waals surface area contributed by atoms with Crippen LogP contribution in [0.2, 0.25) is 0 Å². The molecule has 0 saturated heterocycles. The summed E-state index contributed by atoms with van der Waals surface area (Å²) in [6.07, 6.45) is 2.25. The second kappa shape index (κ2) is 6.99. The number of hydrogen-bond donors (Lipinski definition) is 1. The predicted octanol–water partition coefficient (Wildman–Crippen LogP) is 2.40. The Balaban J connectivity index is 2.63. The SMILES string of the molecule is CCNC(Cc1nc(C)cs1)C(CC)OC. The number of rotatable bonds is 7. The molecule has 0 aliphatic rings. The van der Waals surface area contributed by atoms with Crippen LogP contribution < -0.4 is 5.32 Å². The molecule has 2 unspecified atom stereocenters. The van der Waals surface area contributed by atoms with Gasteiger partial charge in [-0.1, -0.05) is 13.8 Å². The number of aryl methyl sites for hydroxylation is 1. The maximum Gasteiger partial charge on any atom is 0.0944 e. The molecule has 1 rings (SSSR count). The van der Waals surface area contributed by atoms with E-state index in [2.05, 4.69) is 29.5 Å². The fraction of sp³-hybridized carbons (Fsp3) is 0.750. The monoisotopic (exact) mass is 242 g/mol. The van der Waals surface area contributed by atoms with E-state index in [4.69, 9.17) is 4.74 Å². The molecule has 2 atom stereocenters. The van der Waals surface area contributed by atoms with Gasteiger partial charge in [0.2, 0.25) is 0 Å². The fourth-order valence-corrected chi connectivity index (χ4v) is 2.73. The Morgan fingerprint density at radius 3 is 2.69 bits per heavy atom. The predicted molar refractivity (Wildman–Crippen MR) is 69.1 cm³/mol. The molecular weight excluding hydrogens is 220 g/mol. The quantitative estimate of drug-likeness (QED) is 0.797. The molecule has 0 aromatic carbocycles. The fourth-order valence-electron chi connectivity index (χ4n) is 1.90. The Kier molecular flexibility index (Phi) is 5.95. The zero-order chi connectivity index (χ0) is 12.0. The van der Waals surface area contributed by atoms with Crippen molar-refractivity contribution in [2.24, 2.45) is 0 Å². The number of nitrogens with one attached hydrogen (secondary N) is 1. The number of likely N-dealkylation sites (N-methyl/N-ethyl adjacent to an activating group) is 1. The third kappa shape index (κ3) is 3.85. The highest BCUT2D eigenvalue weighted by Gasteiger charge is 2.20. The maximum atomic E-state index is 5.51. The van der Waals surface area contributed by atoms with Crippen molar-refractivity contribution in [3.63, 3.8) is 0 Å². The van der Waals surface area contributed by atoms with Crippen molar-refractivity contribution < 1.29 is 4.74 Å². The van der Waals surface area contributed by atoms with Crippen molar-refractivity contribution in [1.29, 1.82) is 0 Å². The van der Waals surface area contributed by atoms with Gasteiger partial charge in [-0.2, -0.15) is 0 Å². The second-order valence-electron chi connectivity index (χ2n) is 3.93. The van der Waals surface area contributed by atoms with E-state index in [1.807, 2.05) is 6.92 Å². The van der Waals surface area contributed by atoms with Gasteiger partial charge in [0.05, 0.1) is 11.1 Å². The van der Waals surface area contributed by atoms with Crippen LogP contribution in [0, 0.1) is 6.92 Å². The van der Waals surface area contributed by atoms with E-state index in [9.17, 15) is 0 Å². The van der Waals surface area contributed by atoms with Gasteiger partial charge in [-0.25, -0.2) is 4.98 Å². The summed E-state index contributed by atoms with van der Waals surface area (Å²) >= 11 is 1.74. The molecule has 1 N–H and O–H groups in total. The first kappa shape index (κ1) is 13.6. The molecule has 0 aliphatic carbocycles. The highest BCUT2D eigenvalue weighted by molar-refractivity contribution is 7.09. The molecule has 0 aliphatic heterocycles. The maximum absolute atomic E-state index is 5.51. The van der Waals surface area contributed by atoms with E-state index in [1.54, 1.807) is 18.4 Å². The molecule has 0 radical (unpaired) electrons. The van der Waals surface area contributed by atoms with Crippen LogP contribution >= 0.6 is 11.3 Å². The molecule has 1 aromatic heterocycles.